The van der Waals surface area contributed by atoms with Crippen LogP contribution in [0.2, 0.25) is 17.6 Å². The summed E-state index contributed by atoms with van der Waals surface area (Å²) in [5.74, 6) is 1.20. The minimum atomic E-state index is -1.88. The summed E-state index contributed by atoms with van der Waals surface area (Å²) in [4.78, 5) is 0. The molecule has 1 aliphatic rings. The van der Waals surface area contributed by atoms with Gasteiger partial charge in [-0.1, -0.05) is 71.9 Å². The standard InChI is InChI=1S/C22H35BO3Si/c1-15(2)18(7)21-12-13-22(25-23(21)24)19-10-9-11-20(14-19)26-27(8,16(3)4)17(5)6/h9-12,14-17,22,24H,7,13H2,1-6,8H3. The molecule has 1 aromatic carbocycles. The Hall–Kier alpha value is -1.30. The van der Waals surface area contributed by atoms with Crippen LogP contribution in [0, 0.1) is 5.92 Å². The highest BCUT2D eigenvalue weighted by Gasteiger charge is 2.39. The molecular formula is C22H35BO3Si. The molecule has 0 amide bonds. The van der Waals surface area contributed by atoms with Crippen molar-refractivity contribution in [2.45, 2.75) is 71.7 Å². The zero-order valence-electron chi connectivity index (χ0n) is 18.0. The molecule has 0 fully saturated rings. The van der Waals surface area contributed by atoms with E-state index >= 15 is 0 Å². The largest absolute Gasteiger partial charge is 0.543 e. The molecule has 1 heterocycles. The van der Waals surface area contributed by atoms with Gasteiger partial charge in [-0.15, -0.1) is 0 Å². The van der Waals surface area contributed by atoms with Gasteiger partial charge in [0.2, 0.25) is 0 Å². The summed E-state index contributed by atoms with van der Waals surface area (Å²) in [5.41, 5.74) is 3.85. The molecule has 2 rings (SSSR count). The molecule has 1 aliphatic heterocycles. The first kappa shape index (κ1) is 22.0. The molecule has 1 atom stereocenters. The van der Waals surface area contributed by atoms with Crippen molar-refractivity contribution in [3.63, 3.8) is 0 Å². The van der Waals surface area contributed by atoms with Gasteiger partial charge in [-0.25, -0.2) is 0 Å². The van der Waals surface area contributed by atoms with Crippen LogP contribution < -0.4 is 4.43 Å². The molecule has 0 saturated carbocycles. The van der Waals surface area contributed by atoms with Crippen molar-refractivity contribution in [3.8, 4) is 5.75 Å². The van der Waals surface area contributed by atoms with Crippen molar-refractivity contribution in [2.75, 3.05) is 0 Å². The molecular weight excluding hydrogens is 351 g/mol. The van der Waals surface area contributed by atoms with Crippen LogP contribution >= 0.6 is 0 Å². The zero-order chi connectivity index (χ0) is 20.4. The zero-order valence-corrected chi connectivity index (χ0v) is 19.0. The molecule has 0 aliphatic carbocycles. The summed E-state index contributed by atoms with van der Waals surface area (Å²) < 4.78 is 12.5. The Bertz CT molecular complexity index is 689. The fraction of sp³-hybridized carbons (Fsp3) is 0.545. The van der Waals surface area contributed by atoms with E-state index in [2.05, 4.69) is 66.8 Å². The minimum absolute atomic E-state index is 0.168. The Balaban J connectivity index is 2.20. The molecule has 3 nitrogen and oxygen atoms in total. The van der Waals surface area contributed by atoms with E-state index in [1.807, 2.05) is 18.2 Å². The van der Waals surface area contributed by atoms with Crippen molar-refractivity contribution >= 4 is 15.4 Å². The van der Waals surface area contributed by atoms with Crippen LogP contribution in [-0.4, -0.2) is 20.5 Å². The first-order chi connectivity index (χ1) is 12.6. The molecule has 0 radical (unpaired) electrons. The van der Waals surface area contributed by atoms with Gasteiger partial charge in [0, 0.05) is 0 Å². The van der Waals surface area contributed by atoms with Gasteiger partial charge in [-0.3, -0.25) is 0 Å². The summed E-state index contributed by atoms with van der Waals surface area (Å²) in [6.45, 7) is 19.6. The smallest absolute Gasteiger partial charge is 0.491 e. The third kappa shape index (κ3) is 4.95. The van der Waals surface area contributed by atoms with Gasteiger partial charge in [0.05, 0.1) is 6.10 Å². The van der Waals surface area contributed by atoms with Gasteiger partial charge in [0.25, 0.3) is 8.32 Å². The average Bonchev–Trinajstić information content (AvgIpc) is 2.60. The number of benzene rings is 1. The lowest BCUT2D eigenvalue weighted by Crippen LogP contribution is -2.44. The van der Waals surface area contributed by atoms with Gasteiger partial charge in [0.1, 0.15) is 5.75 Å². The van der Waals surface area contributed by atoms with Crippen LogP contribution in [0.5, 0.6) is 5.75 Å². The highest BCUT2D eigenvalue weighted by atomic mass is 28.4. The van der Waals surface area contributed by atoms with E-state index in [0.29, 0.717) is 11.1 Å². The molecule has 0 aromatic heterocycles. The van der Waals surface area contributed by atoms with E-state index in [1.54, 1.807) is 0 Å². The monoisotopic (exact) mass is 386 g/mol. The third-order valence-corrected chi connectivity index (χ3v) is 11.3. The van der Waals surface area contributed by atoms with Gasteiger partial charge < -0.3 is 14.1 Å². The maximum atomic E-state index is 10.4. The van der Waals surface area contributed by atoms with Crippen molar-refractivity contribution in [1.29, 1.82) is 0 Å². The first-order valence-electron chi connectivity index (χ1n) is 10.1. The van der Waals surface area contributed by atoms with Crippen molar-refractivity contribution in [1.82, 2.24) is 0 Å². The second-order valence-corrected chi connectivity index (χ2v) is 13.6. The Morgan fingerprint density at radius 2 is 1.85 bits per heavy atom. The van der Waals surface area contributed by atoms with Gasteiger partial charge in [-0.2, -0.15) is 0 Å². The van der Waals surface area contributed by atoms with Crippen LogP contribution in [0.3, 0.4) is 0 Å². The van der Waals surface area contributed by atoms with E-state index in [9.17, 15) is 5.02 Å². The second kappa shape index (κ2) is 8.80. The van der Waals surface area contributed by atoms with Crippen LogP contribution in [0.1, 0.15) is 59.6 Å². The molecule has 0 saturated heterocycles. The molecule has 27 heavy (non-hydrogen) atoms. The third-order valence-electron chi connectivity index (χ3n) is 6.04. The summed E-state index contributed by atoms with van der Waals surface area (Å²) in [6, 6.07) is 8.16. The molecule has 148 valence electrons. The lowest BCUT2D eigenvalue weighted by atomic mass is 9.69. The molecule has 0 bridgehead atoms. The summed E-state index contributed by atoms with van der Waals surface area (Å²) in [6.07, 6.45) is 2.62. The number of rotatable bonds is 7. The van der Waals surface area contributed by atoms with Gasteiger partial charge in [0.15, 0.2) is 0 Å². The maximum absolute atomic E-state index is 10.4. The van der Waals surface area contributed by atoms with Gasteiger partial charge in [-0.05, 0) is 53.1 Å². The number of allylic oxidation sites excluding steroid dienone is 2. The van der Waals surface area contributed by atoms with Crippen LogP contribution in [0.25, 0.3) is 0 Å². The lowest BCUT2D eigenvalue weighted by Gasteiger charge is -2.36. The second-order valence-electron chi connectivity index (χ2n) is 8.72. The normalized spacial score (nSPS) is 18.3. The van der Waals surface area contributed by atoms with E-state index < -0.39 is 15.4 Å². The Morgan fingerprint density at radius 3 is 2.37 bits per heavy atom. The molecule has 1 aromatic rings. The van der Waals surface area contributed by atoms with Crippen molar-refractivity contribution in [3.05, 3.63) is 53.5 Å². The van der Waals surface area contributed by atoms with Crippen molar-refractivity contribution < 1.29 is 14.1 Å². The maximum Gasteiger partial charge on any atom is 0.491 e. The minimum Gasteiger partial charge on any atom is -0.543 e. The Labute approximate surface area is 166 Å². The fourth-order valence-electron chi connectivity index (χ4n) is 3.39. The predicted octanol–water partition coefficient (Wildman–Crippen LogP) is 6.08. The van der Waals surface area contributed by atoms with E-state index in [0.717, 1.165) is 28.8 Å². The van der Waals surface area contributed by atoms with Crippen LogP contribution in [0.15, 0.2) is 48.0 Å². The highest BCUT2D eigenvalue weighted by Crippen LogP contribution is 2.37. The fourth-order valence-corrected chi connectivity index (χ4v) is 5.83. The highest BCUT2D eigenvalue weighted by molar-refractivity contribution is 6.75. The summed E-state index contributed by atoms with van der Waals surface area (Å²) in [5, 5.41) is 10.4. The van der Waals surface area contributed by atoms with E-state index in [4.69, 9.17) is 9.08 Å². The van der Waals surface area contributed by atoms with E-state index in [1.165, 1.54) is 0 Å². The summed E-state index contributed by atoms with van der Waals surface area (Å²) >= 11 is 0. The lowest BCUT2D eigenvalue weighted by molar-refractivity contribution is 0.168. The van der Waals surface area contributed by atoms with Crippen LogP contribution in [0.4, 0.5) is 0 Å². The summed E-state index contributed by atoms with van der Waals surface area (Å²) in [7, 11) is -2.81. The molecule has 5 heteroatoms. The van der Waals surface area contributed by atoms with Gasteiger partial charge >= 0.3 is 7.12 Å². The Kier molecular flexibility index (Phi) is 7.17. The number of hydrogen-bond donors (Lipinski definition) is 1. The topological polar surface area (TPSA) is 38.7 Å². The Morgan fingerprint density at radius 1 is 1.22 bits per heavy atom. The van der Waals surface area contributed by atoms with Crippen molar-refractivity contribution in [2.24, 2.45) is 5.92 Å². The SMILES string of the molecule is C=C(C1=CCC(c2cccc(O[Si](C)(C(C)C)C(C)C)c2)OB1O)C(C)C. The van der Waals surface area contributed by atoms with Crippen LogP contribution in [-0.2, 0) is 4.65 Å². The quantitative estimate of drug-likeness (QED) is 0.577. The number of hydrogen-bond acceptors (Lipinski definition) is 3. The average molecular weight is 386 g/mol. The molecule has 1 N–H and O–H groups in total. The predicted molar refractivity (Wildman–Crippen MR) is 117 cm³/mol. The van der Waals surface area contributed by atoms with E-state index in [-0.39, 0.29) is 12.0 Å². The molecule has 0 spiro atoms. The first-order valence-corrected chi connectivity index (χ1v) is 12.6. The molecule has 1 unspecified atom stereocenters.